The molecule has 0 saturated heterocycles. The first-order valence-electron chi connectivity index (χ1n) is 8.89. The molecule has 1 amide bonds. The Labute approximate surface area is 153 Å². The quantitative estimate of drug-likeness (QED) is 0.720. The number of amides is 1. The van der Waals surface area contributed by atoms with Gasteiger partial charge in [0.05, 0.1) is 13.6 Å². The van der Waals surface area contributed by atoms with Crippen molar-refractivity contribution in [3.63, 3.8) is 0 Å². The maximum atomic E-state index is 13.3. The van der Waals surface area contributed by atoms with Crippen molar-refractivity contribution in [2.24, 2.45) is 7.05 Å². The Morgan fingerprint density at radius 2 is 1.96 bits per heavy atom. The van der Waals surface area contributed by atoms with Crippen LogP contribution in [0.2, 0.25) is 19.6 Å². The van der Waals surface area contributed by atoms with Crippen LogP contribution in [-0.4, -0.2) is 34.7 Å². The van der Waals surface area contributed by atoms with Crippen LogP contribution in [0.1, 0.15) is 40.9 Å². The molecule has 1 fully saturated rings. The number of aryl methyl sites for hydroxylation is 1. The smallest absolute Gasteiger partial charge is 0.282 e. The van der Waals surface area contributed by atoms with Gasteiger partial charge < -0.3 is 4.90 Å². The molecule has 0 radical (unpaired) electrons. The highest BCUT2D eigenvalue weighted by molar-refractivity contribution is 6.89. The Kier molecular flexibility index (Phi) is 5.01. The van der Waals surface area contributed by atoms with E-state index in [0.29, 0.717) is 6.54 Å². The SMILES string of the molecule is Cn1cc(C(=O)N(Cc2ccccc2[Si](C)(C)C)C2CC2)c(C(F)F)n1. The molecule has 1 heterocycles. The van der Waals surface area contributed by atoms with Gasteiger partial charge >= 0.3 is 0 Å². The standard InChI is InChI=1S/C19H25F2N3OSi/c1-23-12-15(17(22-23)18(20)21)19(25)24(14-9-10-14)11-13-7-5-6-8-16(13)26(2,3)4/h5-8,12,14,18H,9-11H2,1-4H3. The largest absolute Gasteiger partial charge is 0.331 e. The molecule has 0 atom stereocenters. The van der Waals surface area contributed by atoms with Gasteiger partial charge in [0.2, 0.25) is 0 Å². The van der Waals surface area contributed by atoms with Crippen molar-refractivity contribution in [2.45, 2.75) is 51.5 Å². The average molecular weight is 378 g/mol. The number of rotatable bonds is 6. The molecular formula is C19H25F2N3OSi. The van der Waals surface area contributed by atoms with Crippen molar-refractivity contribution in [1.29, 1.82) is 0 Å². The van der Waals surface area contributed by atoms with Crippen molar-refractivity contribution in [2.75, 3.05) is 0 Å². The van der Waals surface area contributed by atoms with Crippen LogP contribution in [0.15, 0.2) is 30.5 Å². The molecule has 0 aliphatic heterocycles. The zero-order chi connectivity index (χ0) is 19.1. The zero-order valence-corrected chi connectivity index (χ0v) is 16.7. The molecule has 1 saturated carbocycles. The maximum absolute atomic E-state index is 13.3. The number of carbonyl (C=O) groups excluding carboxylic acids is 1. The summed E-state index contributed by atoms with van der Waals surface area (Å²) in [4.78, 5) is 14.8. The number of aromatic nitrogens is 2. The van der Waals surface area contributed by atoms with E-state index in [-0.39, 0.29) is 17.5 Å². The van der Waals surface area contributed by atoms with Crippen LogP contribution in [0.4, 0.5) is 8.78 Å². The van der Waals surface area contributed by atoms with Crippen molar-refractivity contribution in [3.8, 4) is 0 Å². The summed E-state index contributed by atoms with van der Waals surface area (Å²) in [6, 6.07) is 8.31. The fourth-order valence-electron chi connectivity index (χ4n) is 3.31. The number of nitrogens with zero attached hydrogens (tertiary/aromatic N) is 3. The van der Waals surface area contributed by atoms with Gasteiger partial charge in [0.1, 0.15) is 5.69 Å². The first-order chi connectivity index (χ1) is 12.2. The van der Waals surface area contributed by atoms with Gasteiger partial charge in [-0.05, 0) is 18.4 Å². The number of benzene rings is 1. The van der Waals surface area contributed by atoms with E-state index < -0.39 is 20.2 Å². The van der Waals surface area contributed by atoms with Crippen LogP contribution >= 0.6 is 0 Å². The van der Waals surface area contributed by atoms with Crippen LogP contribution in [0.3, 0.4) is 0 Å². The number of halogens is 2. The van der Waals surface area contributed by atoms with Gasteiger partial charge in [-0.15, -0.1) is 0 Å². The molecule has 1 aliphatic rings. The van der Waals surface area contributed by atoms with Gasteiger partial charge in [-0.25, -0.2) is 8.78 Å². The summed E-state index contributed by atoms with van der Waals surface area (Å²) in [6.45, 7) is 7.27. The van der Waals surface area contributed by atoms with E-state index in [1.807, 2.05) is 18.2 Å². The highest BCUT2D eigenvalue weighted by atomic mass is 28.3. The summed E-state index contributed by atoms with van der Waals surface area (Å²) in [5.41, 5.74) is 0.705. The van der Waals surface area contributed by atoms with Crippen LogP contribution in [0.25, 0.3) is 0 Å². The van der Waals surface area contributed by atoms with Crippen molar-refractivity contribution in [1.82, 2.24) is 14.7 Å². The number of hydrogen-bond donors (Lipinski definition) is 0. The highest BCUT2D eigenvalue weighted by Gasteiger charge is 2.36. The molecule has 0 bridgehead atoms. The minimum absolute atomic E-state index is 0.0138. The lowest BCUT2D eigenvalue weighted by molar-refractivity contribution is 0.0718. The molecule has 26 heavy (non-hydrogen) atoms. The van der Waals surface area contributed by atoms with Gasteiger partial charge in [-0.1, -0.05) is 49.1 Å². The molecule has 140 valence electrons. The predicted molar refractivity (Wildman–Crippen MR) is 100 cm³/mol. The fraction of sp³-hybridized carbons (Fsp3) is 0.474. The molecule has 1 aromatic heterocycles. The third-order valence-corrected chi connectivity index (χ3v) is 6.81. The molecule has 0 unspecified atom stereocenters. The molecule has 1 aromatic carbocycles. The van der Waals surface area contributed by atoms with Crippen molar-refractivity contribution in [3.05, 3.63) is 47.3 Å². The molecule has 7 heteroatoms. The molecular weight excluding hydrogens is 352 g/mol. The van der Waals surface area contributed by atoms with Crippen LogP contribution in [0, 0.1) is 0 Å². The summed E-state index contributed by atoms with van der Waals surface area (Å²) in [6.07, 6.45) is 0.491. The average Bonchev–Trinajstić information content (AvgIpc) is 3.32. The van der Waals surface area contributed by atoms with E-state index in [1.165, 1.54) is 16.1 Å². The van der Waals surface area contributed by atoms with E-state index in [0.717, 1.165) is 18.4 Å². The lowest BCUT2D eigenvalue weighted by Gasteiger charge is -2.27. The summed E-state index contributed by atoms with van der Waals surface area (Å²) < 4.78 is 27.9. The van der Waals surface area contributed by atoms with E-state index in [4.69, 9.17) is 0 Å². The topological polar surface area (TPSA) is 38.1 Å². The Morgan fingerprint density at radius 1 is 1.31 bits per heavy atom. The minimum Gasteiger partial charge on any atom is -0.331 e. The Morgan fingerprint density at radius 3 is 2.54 bits per heavy atom. The molecule has 3 rings (SSSR count). The second kappa shape index (κ2) is 6.94. The van der Waals surface area contributed by atoms with E-state index >= 15 is 0 Å². The lowest BCUT2D eigenvalue weighted by atomic mass is 10.1. The molecule has 4 nitrogen and oxygen atoms in total. The summed E-state index contributed by atoms with van der Waals surface area (Å²) in [5, 5.41) is 5.09. The van der Waals surface area contributed by atoms with Gasteiger partial charge in [-0.3, -0.25) is 9.48 Å². The second-order valence-corrected chi connectivity index (χ2v) is 13.0. The third kappa shape index (κ3) is 3.87. The van der Waals surface area contributed by atoms with Gasteiger partial charge in [0.15, 0.2) is 0 Å². The van der Waals surface area contributed by atoms with E-state index in [1.54, 1.807) is 11.9 Å². The minimum atomic E-state index is -2.76. The summed E-state index contributed by atoms with van der Waals surface area (Å²) in [5.74, 6) is -0.346. The van der Waals surface area contributed by atoms with Gasteiger partial charge in [0, 0.05) is 25.8 Å². The van der Waals surface area contributed by atoms with Gasteiger partial charge in [0.25, 0.3) is 12.3 Å². The highest BCUT2D eigenvalue weighted by Crippen LogP contribution is 2.31. The van der Waals surface area contributed by atoms with Crippen LogP contribution < -0.4 is 5.19 Å². The summed E-state index contributed by atoms with van der Waals surface area (Å²) in [7, 11) is -0.0121. The first-order valence-corrected chi connectivity index (χ1v) is 12.4. The van der Waals surface area contributed by atoms with E-state index in [2.05, 4.69) is 30.8 Å². The molecule has 1 aliphatic carbocycles. The molecule has 0 spiro atoms. The first kappa shape index (κ1) is 18.8. The van der Waals surface area contributed by atoms with Crippen molar-refractivity contribution >= 4 is 19.2 Å². The monoisotopic (exact) mass is 377 g/mol. The lowest BCUT2D eigenvalue weighted by Crippen LogP contribution is -2.43. The van der Waals surface area contributed by atoms with Crippen LogP contribution in [0.5, 0.6) is 0 Å². The normalized spacial score (nSPS) is 14.7. The zero-order valence-electron chi connectivity index (χ0n) is 15.7. The van der Waals surface area contributed by atoms with Crippen molar-refractivity contribution < 1.29 is 13.6 Å². The Balaban J connectivity index is 1.94. The third-order valence-electron chi connectivity index (χ3n) is 4.71. The molecule has 0 N–H and O–H groups in total. The van der Waals surface area contributed by atoms with E-state index in [9.17, 15) is 13.6 Å². The Hall–Kier alpha value is -2.02. The number of hydrogen-bond acceptors (Lipinski definition) is 2. The second-order valence-electron chi connectivity index (χ2n) is 7.97. The number of alkyl halides is 2. The summed E-state index contributed by atoms with van der Waals surface area (Å²) >= 11 is 0. The Bertz CT molecular complexity index is 809. The maximum Gasteiger partial charge on any atom is 0.282 e. The van der Waals surface area contributed by atoms with Gasteiger partial charge in [-0.2, -0.15) is 5.10 Å². The fourth-order valence-corrected chi connectivity index (χ4v) is 5.03. The predicted octanol–water partition coefficient (Wildman–Crippen LogP) is 3.71. The molecule has 2 aromatic rings. The van der Waals surface area contributed by atoms with Crippen LogP contribution in [-0.2, 0) is 13.6 Å². The number of carbonyl (C=O) groups is 1.